The van der Waals surface area contributed by atoms with Gasteiger partial charge in [-0.25, -0.2) is 0 Å². The Bertz CT molecular complexity index is 676. The van der Waals surface area contributed by atoms with E-state index >= 15 is 0 Å². The Kier molecular flexibility index (Phi) is 6.90. The summed E-state index contributed by atoms with van der Waals surface area (Å²) in [7, 11) is 0.411. The van der Waals surface area contributed by atoms with Gasteiger partial charge in [-0.05, 0) is 37.4 Å². The Morgan fingerprint density at radius 3 is 2.58 bits per heavy atom. The molecule has 0 radical (unpaired) electrons. The fourth-order valence-corrected chi connectivity index (χ4v) is 3.80. The van der Waals surface area contributed by atoms with E-state index in [1.54, 1.807) is 7.11 Å². The van der Waals surface area contributed by atoms with Crippen LogP contribution in [0.5, 0.6) is 11.5 Å². The third-order valence-corrected chi connectivity index (χ3v) is 6.45. The molecular formula is C20H32O5Si. The van der Waals surface area contributed by atoms with Crippen molar-refractivity contribution in [3.8, 4) is 11.5 Å². The molecule has 146 valence electrons. The monoisotopic (exact) mass is 380 g/mol. The normalized spacial score (nSPS) is 17.4. The summed E-state index contributed by atoms with van der Waals surface area (Å²) in [6, 6.07) is 1.03. The van der Waals surface area contributed by atoms with E-state index in [0.717, 1.165) is 39.6 Å². The predicted octanol–water partition coefficient (Wildman–Crippen LogP) is 3.72. The highest BCUT2D eigenvalue weighted by atomic mass is 28.3. The Morgan fingerprint density at radius 2 is 2.00 bits per heavy atom. The first-order chi connectivity index (χ1) is 12.2. The lowest BCUT2D eigenvalue weighted by Crippen LogP contribution is -2.23. The number of benzene rings is 1. The zero-order valence-electron chi connectivity index (χ0n) is 16.8. The minimum Gasteiger partial charge on any atom is -0.496 e. The highest BCUT2D eigenvalue weighted by Crippen LogP contribution is 2.46. The first-order valence-corrected chi connectivity index (χ1v) is 12.8. The van der Waals surface area contributed by atoms with Crippen molar-refractivity contribution in [3.05, 3.63) is 33.9 Å². The van der Waals surface area contributed by atoms with E-state index < -0.39 is 14.4 Å². The van der Waals surface area contributed by atoms with Crippen molar-refractivity contribution >= 4 is 8.07 Å². The van der Waals surface area contributed by atoms with Gasteiger partial charge in [0, 0.05) is 13.6 Å². The molecule has 6 heteroatoms. The SMILES string of the molecule is COc1c(C)c2c(c(OCC[Si](C)(C)C)c1C/C=C(\C)CO)C(O)OC2. The molecule has 0 amide bonds. The molecule has 1 aromatic carbocycles. The lowest BCUT2D eigenvalue weighted by molar-refractivity contribution is -0.0927. The molecule has 1 aliphatic heterocycles. The Balaban J connectivity index is 2.51. The van der Waals surface area contributed by atoms with Crippen molar-refractivity contribution in [2.75, 3.05) is 20.3 Å². The van der Waals surface area contributed by atoms with Crippen LogP contribution in [0.3, 0.4) is 0 Å². The number of hydrogen-bond acceptors (Lipinski definition) is 5. The van der Waals surface area contributed by atoms with Crippen LogP contribution in [-0.2, 0) is 17.8 Å². The van der Waals surface area contributed by atoms with E-state index in [-0.39, 0.29) is 6.61 Å². The molecule has 5 nitrogen and oxygen atoms in total. The molecule has 0 bridgehead atoms. The van der Waals surface area contributed by atoms with E-state index in [1.165, 1.54) is 0 Å². The lowest BCUT2D eigenvalue weighted by Gasteiger charge is -2.23. The van der Waals surface area contributed by atoms with Gasteiger partial charge in [-0.2, -0.15) is 0 Å². The molecule has 1 atom stereocenters. The molecule has 26 heavy (non-hydrogen) atoms. The number of hydrogen-bond donors (Lipinski definition) is 2. The number of methoxy groups -OCH3 is 1. The Hall–Kier alpha value is -1.34. The number of aliphatic hydroxyl groups is 2. The standard InChI is InChI=1S/C20H32O5Si/c1-13(11-21)7-8-15-18(23-3)14(2)16-12-25-20(22)17(16)19(15)24-9-10-26(4,5)6/h7,20-22H,8-12H2,1-6H3/b13-7+. The van der Waals surface area contributed by atoms with Gasteiger partial charge in [0.15, 0.2) is 6.29 Å². The molecule has 0 spiro atoms. The van der Waals surface area contributed by atoms with Gasteiger partial charge in [-0.1, -0.05) is 31.3 Å². The molecule has 1 aromatic rings. The molecule has 1 aliphatic rings. The van der Waals surface area contributed by atoms with Crippen molar-refractivity contribution in [1.82, 2.24) is 0 Å². The van der Waals surface area contributed by atoms with Gasteiger partial charge in [0.25, 0.3) is 0 Å². The second kappa shape index (κ2) is 8.56. The van der Waals surface area contributed by atoms with Crippen LogP contribution in [0.2, 0.25) is 25.7 Å². The van der Waals surface area contributed by atoms with Gasteiger partial charge >= 0.3 is 0 Å². The zero-order chi connectivity index (χ0) is 19.5. The maximum absolute atomic E-state index is 10.4. The molecule has 0 aromatic heterocycles. The van der Waals surface area contributed by atoms with Crippen molar-refractivity contribution in [2.45, 2.75) is 58.9 Å². The van der Waals surface area contributed by atoms with Crippen molar-refractivity contribution in [2.24, 2.45) is 0 Å². The van der Waals surface area contributed by atoms with Crippen LogP contribution < -0.4 is 9.47 Å². The Labute approximate surface area is 157 Å². The van der Waals surface area contributed by atoms with Crippen molar-refractivity contribution in [1.29, 1.82) is 0 Å². The van der Waals surface area contributed by atoms with E-state index in [9.17, 15) is 10.2 Å². The minimum absolute atomic E-state index is 0.0176. The molecule has 0 saturated carbocycles. The summed E-state index contributed by atoms with van der Waals surface area (Å²) in [4.78, 5) is 0. The van der Waals surface area contributed by atoms with Gasteiger partial charge in [0.2, 0.25) is 0 Å². The maximum atomic E-state index is 10.4. The van der Waals surface area contributed by atoms with Gasteiger partial charge < -0.3 is 24.4 Å². The first-order valence-electron chi connectivity index (χ1n) is 9.10. The number of fused-ring (bicyclic) bond motifs is 1. The topological polar surface area (TPSA) is 68.2 Å². The summed E-state index contributed by atoms with van der Waals surface area (Å²) in [5, 5.41) is 19.7. The number of allylic oxidation sites excluding steroid dienone is 1. The second-order valence-electron chi connectivity index (χ2n) is 8.09. The summed E-state index contributed by atoms with van der Waals surface area (Å²) in [6.07, 6.45) is 1.56. The summed E-state index contributed by atoms with van der Waals surface area (Å²) in [5.41, 5.74) is 4.43. The van der Waals surface area contributed by atoms with Crippen LogP contribution in [0.4, 0.5) is 0 Å². The van der Waals surface area contributed by atoms with Crippen molar-refractivity contribution < 1.29 is 24.4 Å². The molecule has 0 fully saturated rings. The summed E-state index contributed by atoms with van der Waals surface area (Å²) in [6.45, 7) is 11.8. The average Bonchev–Trinajstić information content (AvgIpc) is 2.96. The van der Waals surface area contributed by atoms with Crippen LogP contribution in [0, 0.1) is 6.92 Å². The van der Waals surface area contributed by atoms with Crippen molar-refractivity contribution in [3.63, 3.8) is 0 Å². The summed E-state index contributed by atoms with van der Waals surface area (Å²) >= 11 is 0. The number of ether oxygens (including phenoxy) is 3. The molecule has 0 aliphatic carbocycles. The van der Waals surface area contributed by atoms with Gasteiger partial charge in [-0.3, -0.25) is 0 Å². The fraction of sp³-hybridized carbons (Fsp3) is 0.600. The van der Waals surface area contributed by atoms with Gasteiger partial charge in [-0.15, -0.1) is 0 Å². The minimum atomic E-state index is -1.24. The van der Waals surface area contributed by atoms with Crippen LogP contribution >= 0.6 is 0 Å². The summed E-state index contributed by atoms with van der Waals surface area (Å²) in [5.74, 6) is 1.44. The predicted molar refractivity (Wildman–Crippen MR) is 106 cm³/mol. The highest BCUT2D eigenvalue weighted by molar-refractivity contribution is 6.76. The largest absolute Gasteiger partial charge is 0.496 e. The zero-order valence-corrected chi connectivity index (χ0v) is 17.8. The van der Waals surface area contributed by atoms with E-state index in [4.69, 9.17) is 14.2 Å². The first kappa shape index (κ1) is 21.0. The maximum Gasteiger partial charge on any atom is 0.185 e. The lowest BCUT2D eigenvalue weighted by atomic mass is 9.94. The van der Waals surface area contributed by atoms with E-state index in [0.29, 0.717) is 25.4 Å². The van der Waals surface area contributed by atoms with Gasteiger partial charge in [0.05, 0.1) is 32.5 Å². The van der Waals surface area contributed by atoms with Gasteiger partial charge in [0.1, 0.15) is 11.5 Å². The Morgan fingerprint density at radius 1 is 1.31 bits per heavy atom. The van der Waals surface area contributed by atoms with Crippen LogP contribution in [-0.4, -0.2) is 38.6 Å². The van der Waals surface area contributed by atoms with E-state index in [1.807, 2.05) is 19.9 Å². The van der Waals surface area contributed by atoms with Crippen LogP contribution in [0.25, 0.3) is 0 Å². The number of rotatable bonds is 8. The quantitative estimate of drug-likeness (QED) is 0.531. The average molecular weight is 381 g/mol. The highest BCUT2D eigenvalue weighted by Gasteiger charge is 2.32. The molecule has 1 heterocycles. The smallest absolute Gasteiger partial charge is 0.185 e. The third kappa shape index (κ3) is 4.68. The van der Waals surface area contributed by atoms with Crippen LogP contribution in [0.15, 0.2) is 11.6 Å². The third-order valence-electron chi connectivity index (χ3n) is 4.75. The molecule has 2 N–H and O–H groups in total. The molecular weight excluding hydrogens is 348 g/mol. The van der Waals surface area contributed by atoms with Crippen LogP contribution in [0.1, 0.15) is 35.5 Å². The molecule has 2 rings (SSSR count). The second-order valence-corrected chi connectivity index (χ2v) is 13.7. The molecule has 1 unspecified atom stereocenters. The fourth-order valence-electron chi connectivity index (χ4n) is 3.09. The van der Waals surface area contributed by atoms with E-state index in [2.05, 4.69) is 19.6 Å². The molecule has 0 saturated heterocycles. The summed E-state index contributed by atoms with van der Waals surface area (Å²) < 4.78 is 17.4. The number of aliphatic hydroxyl groups excluding tert-OH is 2.